The SMILES string of the molecule is COc1cc(C2CCOCC2)ccc1O. The molecule has 0 atom stereocenters. The van der Waals surface area contributed by atoms with Crippen molar-refractivity contribution in [3.8, 4) is 11.5 Å². The normalized spacial score (nSPS) is 17.7. The number of benzene rings is 1. The molecule has 15 heavy (non-hydrogen) atoms. The van der Waals surface area contributed by atoms with Crippen molar-refractivity contribution in [1.29, 1.82) is 0 Å². The Labute approximate surface area is 89.6 Å². The van der Waals surface area contributed by atoms with Gasteiger partial charge in [0.2, 0.25) is 0 Å². The van der Waals surface area contributed by atoms with Crippen LogP contribution in [0.3, 0.4) is 0 Å². The van der Waals surface area contributed by atoms with Crippen LogP contribution in [0.2, 0.25) is 0 Å². The summed E-state index contributed by atoms with van der Waals surface area (Å²) in [5.74, 6) is 1.29. The van der Waals surface area contributed by atoms with Gasteiger partial charge in [-0.3, -0.25) is 0 Å². The smallest absolute Gasteiger partial charge is 0.160 e. The Morgan fingerprint density at radius 1 is 1.33 bits per heavy atom. The van der Waals surface area contributed by atoms with Crippen molar-refractivity contribution >= 4 is 0 Å². The van der Waals surface area contributed by atoms with Crippen LogP contribution in [0.1, 0.15) is 24.3 Å². The highest BCUT2D eigenvalue weighted by atomic mass is 16.5. The molecule has 1 aliphatic rings. The second-order valence-electron chi connectivity index (χ2n) is 3.82. The first-order chi connectivity index (χ1) is 7.31. The topological polar surface area (TPSA) is 38.7 Å². The van der Waals surface area contributed by atoms with E-state index in [0.29, 0.717) is 11.7 Å². The second-order valence-corrected chi connectivity index (χ2v) is 3.82. The minimum atomic E-state index is 0.202. The Kier molecular flexibility index (Phi) is 3.11. The maximum atomic E-state index is 9.48. The first-order valence-electron chi connectivity index (χ1n) is 5.26. The number of phenols is 1. The van der Waals surface area contributed by atoms with Crippen LogP contribution in [0.25, 0.3) is 0 Å². The molecule has 1 aliphatic heterocycles. The first kappa shape index (κ1) is 10.3. The number of ether oxygens (including phenoxy) is 2. The van der Waals surface area contributed by atoms with Gasteiger partial charge in [0.1, 0.15) is 0 Å². The highest BCUT2D eigenvalue weighted by Crippen LogP contribution is 2.33. The number of phenolic OH excluding ortho intramolecular Hbond substituents is 1. The summed E-state index contributed by atoms with van der Waals surface area (Å²) in [5.41, 5.74) is 1.23. The molecule has 1 saturated heterocycles. The Bertz CT molecular complexity index is 330. The fourth-order valence-electron chi connectivity index (χ4n) is 1.98. The van der Waals surface area contributed by atoms with Crippen LogP contribution >= 0.6 is 0 Å². The van der Waals surface area contributed by atoms with E-state index in [1.54, 1.807) is 13.2 Å². The summed E-state index contributed by atoms with van der Waals surface area (Å²) in [4.78, 5) is 0. The Hall–Kier alpha value is -1.22. The molecule has 3 heteroatoms. The molecule has 1 fully saturated rings. The molecular formula is C12H16O3. The van der Waals surface area contributed by atoms with Crippen molar-refractivity contribution in [1.82, 2.24) is 0 Å². The zero-order valence-electron chi connectivity index (χ0n) is 8.90. The Balaban J connectivity index is 2.20. The van der Waals surface area contributed by atoms with E-state index in [9.17, 15) is 5.11 Å². The van der Waals surface area contributed by atoms with Gasteiger partial charge in [-0.25, -0.2) is 0 Å². The molecule has 1 N–H and O–H groups in total. The summed E-state index contributed by atoms with van der Waals surface area (Å²) < 4.78 is 10.4. The number of hydrogen-bond donors (Lipinski definition) is 1. The third kappa shape index (κ3) is 2.23. The molecule has 0 spiro atoms. The molecule has 0 unspecified atom stereocenters. The van der Waals surface area contributed by atoms with Gasteiger partial charge < -0.3 is 14.6 Å². The molecule has 3 nitrogen and oxygen atoms in total. The van der Waals surface area contributed by atoms with E-state index in [2.05, 4.69) is 0 Å². The van der Waals surface area contributed by atoms with E-state index in [4.69, 9.17) is 9.47 Å². The highest BCUT2D eigenvalue weighted by Gasteiger charge is 2.17. The summed E-state index contributed by atoms with van der Waals surface area (Å²) >= 11 is 0. The lowest BCUT2D eigenvalue weighted by Gasteiger charge is -2.22. The van der Waals surface area contributed by atoms with Crippen LogP contribution < -0.4 is 4.74 Å². The maximum absolute atomic E-state index is 9.48. The summed E-state index contributed by atoms with van der Waals surface area (Å²) in [6.45, 7) is 1.65. The summed E-state index contributed by atoms with van der Waals surface area (Å²) in [5, 5.41) is 9.48. The zero-order chi connectivity index (χ0) is 10.7. The van der Waals surface area contributed by atoms with E-state index in [-0.39, 0.29) is 5.75 Å². The van der Waals surface area contributed by atoms with E-state index < -0.39 is 0 Å². The van der Waals surface area contributed by atoms with Gasteiger partial charge in [0.25, 0.3) is 0 Å². The zero-order valence-corrected chi connectivity index (χ0v) is 8.90. The molecule has 1 aromatic rings. The standard InChI is InChI=1S/C12H16O3/c1-14-12-8-10(2-3-11(12)13)9-4-6-15-7-5-9/h2-3,8-9,13H,4-7H2,1H3. The van der Waals surface area contributed by atoms with Crippen LogP contribution in [0.4, 0.5) is 0 Å². The molecule has 0 saturated carbocycles. The lowest BCUT2D eigenvalue weighted by atomic mass is 9.91. The molecule has 0 bridgehead atoms. The molecule has 1 aromatic carbocycles. The van der Waals surface area contributed by atoms with Crippen molar-refractivity contribution in [3.05, 3.63) is 23.8 Å². The van der Waals surface area contributed by atoms with Gasteiger partial charge in [-0.2, -0.15) is 0 Å². The molecule has 82 valence electrons. The van der Waals surface area contributed by atoms with Crippen molar-refractivity contribution in [2.24, 2.45) is 0 Å². The number of rotatable bonds is 2. The van der Waals surface area contributed by atoms with Crippen molar-refractivity contribution < 1.29 is 14.6 Å². The average Bonchev–Trinajstić information content (AvgIpc) is 2.31. The van der Waals surface area contributed by atoms with E-state index in [0.717, 1.165) is 26.1 Å². The van der Waals surface area contributed by atoms with Gasteiger partial charge in [-0.05, 0) is 36.5 Å². The lowest BCUT2D eigenvalue weighted by Crippen LogP contribution is -2.14. The Morgan fingerprint density at radius 2 is 2.07 bits per heavy atom. The Morgan fingerprint density at radius 3 is 2.73 bits per heavy atom. The molecule has 2 rings (SSSR count). The van der Waals surface area contributed by atoms with Crippen LogP contribution in [0, 0.1) is 0 Å². The van der Waals surface area contributed by atoms with Crippen LogP contribution in [-0.4, -0.2) is 25.4 Å². The van der Waals surface area contributed by atoms with Crippen molar-refractivity contribution in [3.63, 3.8) is 0 Å². The van der Waals surface area contributed by atoms with E-state index >= 15 is 0 Å². The lowest BCUT2D eigenvalue weighted by molar-refractivity contribution is 0.0853. The quantitative estimate of drug-likeness (QED) is 0.810. The van der Waals surface area contributed by atoms with Crippen molar-refractivity contribution in [2.45, 2.75) is 18.8 Å². The predicted molar refractivity (Wildman–Crippen MR) is 57.5 cm³/mol. The third-order valence-electron chi connectivity index (χ3n) is 2.90. The van der Waals surface area contributed by atoms with Crippen molar-refractivity contribution in [2.75, 3.05) is 20.3 Å². The highest BCUT2D eigenvalue weighted by molar-refractivity contribution is 5.42. The van der Waals surface area contributed by atoms with Gasteiger partial charge in [-0.1, -0.05) is 6.07 Å². The van der Waals surface area contributed by atoms with Crippen LogP contribution in [0.5, 0.6) is 11.5 Å². The fourth-order valence-corrected chi connectivity index (χ4v) is 1.98. The van der Waals surface area contributed by atoms with Crippen LogP contribution in [-0.2, 0) is 4.74 Å². The summed E-state index contributed by atoms with van der Waals surface area (Å²) in [6.07, 6.45) is 2.10. The predicted octanol–water partition coefficient (Wildman–Crippen LogP) is 2.29. The summed E-state index contributed by atoms with van der Waals surface area (Å²) in [6, 6.07) is 5.59. The van der Waals surface area contributed by atoms with Gasteiger partial charge in [-0.15, -0.1) is 0 Å². The minimum Gasteiger partial charge on any atom is -0.504 e. The van der Waals surface area contributed by atoms with Crippen LogP contribution in [0.15, 0.2) is 18.2 Å². The van der Waals surface area contributed by atoms with Gasteiger partial charge in [0.15, 0.2) is 11.5 Å². The monoisotopic (exact) mass is 208 g/mol. The fraction of sp³-hybridized carbons (Fsp3) is 0.500. The third-order valence-corrected chi connectivity index (χ3v) is 2.90. The first-order valence-corrected chi connectivity index (χ1v) is 5.26. The number of hydrogen-bond acceptors (Lipinski definition) is 3. The number of methoxy groups -OCH3 is 1. The molecular weight excluding hydrogens is 192 g/mol. The average molecular weight is 208 g/mol. The molecule has 0 aliphatic carbocycles. The molecule has 0 radical (unpaired) electrons. The van der Waals surface area contributed by atoms with E-state index in [1.807, 2.05) is 12.1 Å². The molecule has 0 amide bonds. The minimum absolute atomic E-state index is 0.202. The number of aromatic hydroxyl groups is 1. The van der Waals surface area contributed by atoms with Gasteiger partial charge in [0.05, 0.1) is 7.11 Å². The largest absolute Gasteiger partial charge is 0.504 e. The van der Waals surface area contributed by atoms with E-state index in [1.165, 1.54) is 5.56 Å². The second kappa shape index (κ2) is 4.53. The summed E-state index contributed by atoms with van der Waals surface area (Å²) in [7, 11) is 1.57. The molecule has 0 aromatic heterocycles. The van der Waals surface area contributed by atoms with Gasteiger partial charge in [0, 0.05) is 13.2 Å². The maximum Gasteiger partial charge on any atom is 0.160 e. The van der Waals surface area contributed by atoms with Gasteiger partial charge >= 0.3 is 0 Å². The molecule has 1 heterocycles.